The molecule has 0 aromatic heterocycles. The van der Waals surface area contributed by atoms with Crippen molar-refractivity contribution in [1.29, 1.82) is 0 Å². The van der Waals surface area contributed by atoms with E-state index in [4.69, 9.17) is 11.6 Å². The van der Waals surface area contributed by atoms with Crippen molar-refractivity contribution < 1.29 is 14.1 Å². The van der Waals surface area contributed by atoms with Crippen LogP contribution in [0.1, 0.15) is 5.56 Å². The van der Waals surface area contributed by atoms with Gasteiger partial charge in [-0.05, 0) is 12.1 Å². The molecule has 5 heteroatoms. The van der Waals surface area contributed by atoms with Crippen molar-refractivity contribution in [3.63, 3.8) is 0 Å². The van der Waals surface area contributed by atoms with Gasteiger partial charge in [-0.25, -0.2) is 4.39 Å². The van der Waals surface area contributed by atoms with E-state index in [1.165, 1.54) is 11.0 Å². The summed E-state index contributed by atoms with van der Waals surface area (Å²) in [5.41, 5.74) is 0.573. The average Bonchev–Trinajstić information content (AvgIpc) is 2.35. The first kappa shape index (κ1) is 12.3. The minimum absolute atomic E-state index is 0.247. The van der Waals surface area contributed by atoms with Gasteiger partial charge in [0.2, 0.25) is 6.41 Å². The van der Waals surface area contributed by atoms with Crippen LogP contribution >= 0.6 is 11.6 Å². The zero-order valence-corrected chi connectivity index (χ0v) is 10.2. The average molecular weight is 258 g/mol. The summed E-state index contributed by atoms with van der Waals surface area (Å²) < 4.78 is 13.6. The highest BCUT2D eigenvalue weighted by molar-refractivity contribution is 6.31. The van der Waals surface area contributed by atoms with E-state index in [1.807, 2.05) is 0 Å². The molecule has 1 aliphatic heterocycles. The van der Waals surface area contributed by atoms with Crippen LogP contribution in [0.5, 0.6) is 0 Å². The predicted molar refractivity (Wildman–Crippen MR) is 63.4 cm³/mol. The fraction of sp³-hybridized carbons (Fsp3) is 0.417. The molecule has 0 unspecified atom stereocenters. The van der Waals surface area contributed by atoms with Crippen LogP contribution in [0.4, 0.5) is 4.39 Å². The molecule has 1 fully saturated rings. The smallest absolute Gasteiger partial charge is 0.210 e. The number of halogens is 2. The molecular formula is C12H15ClFN2O+. The second kappa shape index (κ2) is 5.47. The Morgan fingerprint density at radius 2 is 2.12 bits per heavy atom. The van der Waals surface area contributed by atoms with Crippen molar-refractivity contribution in [3.05, 3.63) is 34.6 Å². The number of carbonyl (C=O) groups is 1. The first-order valence-corrected chi connectivity index (χ1v) is 6.04. The molecule has 1 heterocycles. The van der Waals surface area contributed by atoms with E-state index in [9.17, 15) is 9.18 Å². The third-order valence-corrected chi connectivity index (χ3v) is 3.50. The maximum absolute atomic E-state index is 13.6. The van der Waals surface area contributed by atoms with Gasteiger partial charge in [0.1, 0.15) is 12.4 Å². The molecule has 3 nitrogen and oxygen atoms in total. The minimum Gasteiger partial charge on any atom is -0.334 e. The van der Waals surface area contributed by atoms with Gasteiger partial charge in [-0.2, -0.15) is 0 Å². The fourth-order valence-electron chi connectivity index (χ4n) is 2.07. The largest absolute Gasteiger partial charge is 0.334 e. The molecule has 0 spiro atoms. The van der Waals surface area contributed by atoms with Gasteiger partial charge in [0.05, 0.1) is 36.8 Å². The van der Waals surface area contributed by atoms with Gasteiger partial charge in [0.15, 0.2) is 0 Å². The number of piperazine rings is 1. The quantitative estimate of drug-likeness (QED) is 0.776. The standard InChI is InChI=1S/C12H14ClFN2O/c13-11-2-1-3-12(14)10(11)8-15-4-6-16(9-17)7-5-15/h1-3,9H,4-8H2/p+1. The molecule has 0 radical (unpaired) electrons. The highest BCUT2D eigenvalue weighted by atomic mass is 35.5. The molecular weight excluding hydrogens is 243 g/mol. The maximum Gasteiger partial charge on any atom is 0.210 e. The molecule has 1 amide bonds. The SMILES string of the molecule is O=CN1CC[NH+](Cc2c(F)cccc2Cl)CC1. The molecule has 1 saturated heterocycles. The van der Waals surface area contributed by atoms with Crippen molar-refractivity contribution in [3.8, 4) is 0 Å². The summed E-state index contributed by atoms with van der Waals surface area (Å²) in [6.45, 7) is 3.71. The molecule has 2 rings (SSSR count). The zero-order valence-electron chi connectivity index (χ0n) is 9.46. The lowest BCUT2D eigenvalue weighted by Crippen LogP contribution is -3.13. The number of hydrogen-bond donors (Lipinski definition) is 1. The Kier molecular flexibility index (Phi) is 3.97. The minimum atomic E-state index is -0.247. The van der Waals surface area contributed by atoms with Crippen molar-refractivity contribution in [2.75, 3.05) is 26.2 Å². The third-order valence-electron chi connectivity index (χ3n) is 3.14. The Hall–Kier alpha value is -1.13. The van der Waals surface area contributed by atoms with E-state index >= 15 is 0 Å². The van der Waals surface area contributed by atoms with Gasteiger partial charge in [-0.3, -0.25) is 4.79 Å². The van der Waals surface area contributed by atoms with Crippen LogP contribution in [0.15, 0.2) is 18.2 Å². The van der Waals surface area contributed by atoms with E-state index in [0.717, 1.165) is 32.6 Å². The van der Waals surface area contributed by atoms with Gasteiger partial charge in [0, 0.05) is 0 Å². The summed E-state index contributed by atoms with van der Waals surface area (Å²) in [7, 11) is 0. The number of amides is 1. The summed E-state index contributed by atoms with van der Waals surface area (Å²) in [5.74, 6) is -0.247. The molecule has 0 saturated carbocycles. The molecule has 0 bridgehead atoms. The van der Waals surface area contributed by atoms with Crippen LogP contribution in [0.25, 0.3) is 0 Å². The van der Waals surface area contributed by atoms with E-state index in [0.29, 0.717) is 17.1 Å². The summed E-state index contributed by atoms with van der Waals surface area (Å²) in [4.78, 5) is 13.6. The predicted octanol–water partition coefficient (Wildman–Crippen LogP) is 0.336. The van der Waals surface area contributed by atoms with Gasteiger partial charge >= 0.3 is 0 Å². The van der Waals surface area contributed by atoms with Crippen LogP contribution in [0.2, 0.25) is 5.02 Å². The second-order valence-electron chi connectivity index (χ2n) is 4.27. The summed E-state index contributed by atoms with van der Waals surface area (Å²) in [5, 5.41) is 0.482. The van der Waals surface area contributed by atoms with E-state index in [-0.39, 0.29) is 5.82 Å². The lowest BCUT2D eigenvalue weighted by Gasteiger charge is -2.30. The Bertz CT molecular complexity index is 385. The Balaban J connectivity index is 2.00. The van der Waals surface area contributed by atoms with Crippen molar-refractivity contribution in [2.24, 2.45) is 0 Å². The van der Waals surface area contributed by atoms with E-state index in [2.05, 4.69) is 0 Å². The molecule has 1 aromatic carbocycles. The lowest BCUT2D eigenvalue weighted by molar-refractivity contribution is -0.917. The van der Waals surface area contributed by atoms with Gasteiger partial charge < -0.3 is 9.80 Å². The van der Waals surface area contributed by atoms with E-state index in [1.54, 1.807) is 17.0 Å². The van der Waals surface area contributed by atoms with Gasteiger partial charge in [-0.15, -0.1) is 0 Å². The van der Waals surface area contributed by atoms with Crippen LogP contribution in [-0.4, -0.2) is 37.5 Å². The Morgan fingerprint density at radius 3 is 2.71 bits per heavy atom. The molecule has 1 aromatic rings. The number of hydrogen-bond acceptors (Lipinski definition) is 1. The molecule has 0 aliphatic carbocycles. The summed E-state index contributed by atoms with van der Waals surface area (Å²) in [6, 6.07) is 4.75. The first-order valence-electron chi connectivity index (χ1n) is 5.66. The summed E-state index contributed by atoms with van der Waals surface area (Å²) >= 11 is 5.98. The number of benzene rings is 1. The number of nitrogens with one attached hydrogen (secondary N) is 1. The highest BCUT2D eigenvalue weighted by Crippen LogP contribution is 2.17. The normalized spacial score (nSPS) is 17.2. The van der Waals surface area contributed by atoms with Crippen molar-refractivity contribution >= 4 is 18.0 Å². The maximum atomic E-state index is 13.6. The van der Waals surface area contributed by atoms with E-state index < -0.39 is 0 Å². The number of nitrogens with zero attached hydrogens (tertiary/aromatic N) is 1. The topological polar surface area (TPSA) is 24.8 Å². The molecule has 1 aliphatic rings. The van der Waals surface area contributed by atoms with Crippen LogP contribution in [-0.2, 0) is 11.3 Å². The monoisotopic (exact) mass is 257 g/mol. The molecule has 92 valence electrons. The van der Waals surface area contributed by atoms with Crippen molar-refractivity contribution in [1.82, 2.24) is 4.90 Å². The summed E-state index contributed by atoms with van der Waals surface area (Å²) in [6.07, 6.45) is 0.868. The Morgan fingerprint density at radius 1 is 1.41 bits per heavy atom. The number of carbonyl (C=O) groups excluding carboxylic acids is 1. The van der Waals surface area contributed by atoms with Crippen molar-refractivity contribution in [2.45, 2.75) is 6.54 Å². The third kappa shape index (κ3) is 2.96. The lowest BCUT2D eigenvalue weighted by atomic mass is 10.2. The molecule has 0 atom stereocenters. The fourth-order valence-corrected chi connectivity index (χ4v) is 2.30. The second-order valence-corrected chi connectivity index (χ2v) is 4.68. The van der Waals surface area contributed by atoms with Crippen LogP contribution in [0.3, 0.4) is 0 Å². The number of rotatable bonds is 3. The molecule has 1 N–H and O–H groups in total. The van der Waals surface area contributed by atoms with Gasteiger partial charge in [0.25, 0.3) is 0 Å². The van der Waals surface area contributed by atoms with Crippen LogP contribution in [0, 0.1) is 5.82 Å². The zero-order chi connectivity index (χ0) is 12.3. The number of quaternary nitrogens is 1. The first-order chi connectivity index (χ1) is 8.20. The Labute approximate surface area is 105 Å². The van der Waals surface area contributed by atoms with Crippen LogP contribution < -0.4 is 4.90 Å². The molecule has 17 heavy (non-hydrogen) atoms. The van der Waals surface area contributed by atoms with Gasteiger partial charge in [-0.1, -0.05) is 17.7 Å². The highest BCUT2D eigenvalue weighted by Gasteiger charge is 2.21.